The second-order valence-electron chi connectivity index (χ2n) is 3.65. The van der Waals surface area contributed by atoms with Crippen LogP contribution in [0.3, 0.4) is 0 Å². The lowest BCUT2D eigenvalue weighted by molar-refractivity contribution is -0.128. The Balaban J connectivity index is 2.53. The van der Waals surface area contributed by atoms with Crippen LogP contribution in [-0.2, 0) is 22.7 Å². The quantitative estimate of drug-likeness (QED) is 0.777. The van der Waals surface area contributed by atoms with E-state index in [9.17, 15) is 4.79 Å². The second-order valence-corrected chi connectivity index (χ2v) is 3.65. The van der Waals surface area contributed by atoms with E-state index in [4.69, 9.17) is 9.84 Å². The zero-order valence-corrected chi connectivity index (χ0v) is 9.56. The van der Waals surface area contributed by atoms with Crippen LogP contribution in [0, 0.1) is 0 Å². The molecule has 0 heterocycles. The highest BCUT2D eigenvalue weighted by Crippen LogP contribution is 2.06. The molecule has 4 nitrogen and oxygen atoms in total. The monoisotopic (exact) mass is 223 g/mol. The number of rotatable bonds is 5. The number of nitrogens with one attached hydrogen (secondary N) is 1. The summed E-state index contributed by atoms with van der Waals surface area (Å²) in [5.74, 6) is -0.364. The van der Waals surface area contributed by atoms with Crippen LogP contribution in [0.15, 0.2) is 24.3 Å². The highest BCUT2D eigenvalue weighted by Gasteiger charge is 2.07. The Morgan fingerprint density at radius 3 is 2.81 bits per heavy atom. The van der Waals surface area contributed by atoms with Crippen LogP contribution < -0.4 is 5.32 Å². The van der Waals surface area contributed by atoms with Crippen LogP contribution in [0.25, 0.3) is 0 Å². The summed E-state index contributed by atoms with van der Waals surface area (Å²) in [7, 11) is 1.64. The van der Waals surface area contributed by atoms with Gasteiger partial charge in [-0.25, -0.2) is 0 Å². The summed E-state index contributed by atoms with van der Waals surface area (Å²) in [6.45, 7) is 2.41. The molecule has 4 heteroatoms. The van der Waals surface area contributed by atoms with Crippen molar-refractivity contribution < 1.29 is 14.6 Å². The topological polar surface area (TPSA) is 58.6 Å². The fraction of sp³-hybridized carbons (Fsp3) is 0.417. The standard InChI is InChI=1S/C12H17NO3/c1-9(14)12(15)13-7-10-4-3-5-11(6-10)8-16-2/h3-6,9,14H,7-8H2,1-2H3,(H,13,15). The molecule has 0 saturated carbocycles. The Labute approximate surface area is 95.2 Å². The van der Waals surface area contributed by atoms with Crippen LogP contribution in [-0.4, -0.2) is 24.2 Å². The van der Waals surface area contributed by atoms with Gasteiger partial charge in [0.15, 0.2) is 0 Å². The first-order valence-electron chi connectivity index (χ1n) is 5.16. The highest BCUT2D eigenvalue weighted by molar-refractivity contribution is 5.79. The van der Waals surface area contributed by atoms with Crippen LogP contribution >= 0.6 is 0 Å². The number of aliphatic hydroxyl groups is 1. The van der Waals surface area contributed by atoms with E-state index in [1.807, 2.05) is 24.3 Å². The number of ether oxygens (including phenoxy) is 1. The molecular weight excluding hydrogens is 206 g/mol. The van der Waals surface area contributed by atoms with E-state index in [0.717, 1.165) is 11.1 Å². The predicted octanol–water partition coefficient (Wildman–Crippen LogP) is 0.830. The molecular formula is C12H17NO3. The van der Waals surface area contributed by atoms with Gasteiger partial charge in [0.05, 0.1) is 6.61 Å². The molecule has 1 aromatic carbocycles. The maximum Gasteiger partial charge on any atom is 0.248 e. The SMILES string of the molecule is COCc1cccc(CNC(=O)C(C)O)c1. The Morgan fingerprint density at radius 1 is 1.50 bits per heavy atom. The van der Waals surface area contributed by atoms with Gasteiger partial charge < -0.3 is 15.2 Å². The van der Waals surface area contributed by atoms with E-state index in [-0.39, 0.29) is 5.91 Å². The fourth-order valence-electron chi connectivity index (χ4n) is 1.33. The minimum Gasteiger partial charge on any atom is -0.384 e. The molecule has 1 atom stereocenters. The smallest absolute Gasteiger partial charge is 0.248 e. The summed E-state index contributed by atoms with van der Waals surface area (Å²) in [5, 5.41) is 11.6. The normalized spacial score (nSPS) is 12.2. The van der Waals surface area contributed by atoms with Gasteiger partial charge in [-0.15, -0.1) is 0 Å². The van der Waals surface area contributed by atoms with Crippen molar-refractivity contribution in [2.45, 2.75) is 26.2 Å². The van der Waals surface area contributed by atoms with E-state index in [1.54, 1.807) is 7.11 Å². The summed E-state index contributed by atoms with van der Waals surface area (Å²) in [6, 6.07) is 7.76. The van der Waals surface area contributed by atoms with Crippen LogP contribution in [0.4, 0.5) is 0 Å². The number of carbonyl (C=O) groups is 1. The third-order valence-corrected chi connectivity index (χ3v) is 2.15. The predicted molar refractivity (Wildman–Crippen MR) is 60.7 cm³/mol. The van der Waals surface area contributed by atoms with Gasteiger partial charge in [0.1, 0.15) is 6.10 Å². The first-order chi connectivity index (χ1) is 7.63. The molecule has 88 valence electrons. The first kappa shape index (κ1) is 12.7. The fourth-order valence-corrected chi connectivity index (χ4v) is 1.33. The second kappa shape index (κ2) is 6.25. The number of methoxy groups -OCH3 is 1. The number of hydrogen-bond acceptors (Lipinski definition) is 3. The molecule has 2 N–H and O–H groups in total. The summed E-state index contributed by atoms with van der Waals surface area (Å²) < 4.78 is 5.02. The van der Waals surface area contributed by atoms with Crippen molar-refractivity contribution in [3.63, 3.8) is 0 Å². The number of aliphatic hydroxyl groups excluding tert-OH is 1. The van der Waals surface area contributed by atoms with E-state index >= 15 is 0 Å². The van der Waals surface area contributed by atoms with Gasteiger partial charge >= 0.3 is 0 Å². The first-order valence-corrected chi connectivity index (χ1v) is 5.16. The average molecular weight is 223 g/mol. The van der Waals surface area contributed by atoms with E-state index < -0.39 is 6.10 Å². The van der Waals surface area contributed by atoms with Gasteiger partial charge in [0.25, 0.3) is 0 Å². The molecule has 0 radical (unpaired) electrons. The van der Waals surface area contributed by atoms with Crippen LogP contribution in [0.2, 0.25) is 0 Å². The largest absolute Gasteiger partial charge is 0.384 e. The van der Waals surface area contributed by atoms with E-state index in [2.05, 4.69) is 5.32 Å². The number of benzene rings is 1. The minimum absolute atomic E-state index is 0.364. The number of amides is 1. The highest BCUT2D eigenvalue weighted by atomic mass is 16.5. The zero-order valence-electron chi connectivity index (χ0n) is 9.56. The molecule has 0 bridgehead atoms. The van der Waals surface area contributed by atoms with Gasteiger partial charge in [0, 0.05) is 13.7 Å². The van der Waals surface area contributed by atoms with E-state index in [1.165, 1.54) is 6.92 Å². The summed E-state index contributed by atoms with van der Waals surface area (Å²) in [4.78, 5) is 11.1. The van der Waals surface area contributed by atoms with Gasteiger partial charge in [0.2, 0.25) is 5.91 Å². The van der Waals surface area contributed by atoms with E-state index in [0.29, 0.717) is 13.2 Å². The molecule has 1 amide bonds. The molecule has 0 aliphatic rings. The average Bonchev–Trinajstić information content (AvgIpc) is 2.26. The van der Waals surface area contributed by atoms with Crippen molar-refractivity contribution in [2.24, 2.45) is 0 Å². The van der Waals surface area contributed by atoms with Crippen molar-refractivity contribution >= 4 is 5.91 Å². The van der Waals surface area contributed by atoms with Gasteiger partial charge in [-0.05, 0) is 18.1 Å². The molecule has 0 aromatic heterocycles. The summed E-state index contributed by atoms with van der Waals surface area (Å²) in [5.41, 5.74) is 2.05. The van der Waals surface area contributed by atoms with Crippen molar-refractivity contribution in [1.29, 1.82) is 0 Å². The van der Waals surface area contributed by atoms with Crippen molar-refractivity contribution in [2.75, 3.05) is 7.11 Å². The van der Waals surface area contributed by atoms with Crippen LogP contribution in [0.5, 0.6) is 0 Å². The molecule has 0 saturated heterocycles. The van der Waals surface area contributed by atoms with Crippen molar-refractivity contribution in [3.05, 3.63) is 35.4 Å². The lowest BCUT2D eigenvalue weighted by Gasteiger charge is -2.08. The summed E-state index contributed by atoms with van der Waals surface area (Å²) in [6.07, 6.45) is -0.970. The third kappa shape index (κ3) is 4.00. The van der Waals surface area contributed by atoms with Gasteiger partial charge in [-0.3, -0.25) is 4.79 Å². The lowest BCUT2D eigenvalue weighted by Crippen LogP contribution is -2.31. The maximum absolute atomic E-state index is 11.1. The molecule has 0 spiro atoms. The van der Waals surface area contributed by atoms with Crippen molar-refractivity contribution in [1.82, 2.24) is 5.32 Å². The maximum atomic E-state index is 11.1. The molecule has 1 rings (SSSR count). The van der Waals surface area contributed by atoms with Gasteiger partial charge in [-0.2, -0.15) is 0 Å². The Bertz CT molecular complexity index is 350. The molecule has 0 aliphatic carbocycles. The number of hydrogen-bond donors (Lipinski definition) is 2. The zero-order chi connectivity index (χ0) is 12.0. The Morgan fingerprint density at radius 2 is 2.19 bits per heavy atom. The van der Waals surface area contributed by atoms with Gasteiger partial charge in [-0.1, -0.05) is 24.3 Å². The van der Waals surface area contributed by atoms with Crippen LogP contribution in [0.1, 0.15) is 18.1 Å². The molecule has 1 aromatic rings. The summed E-state index contributed by atoms with van der Waals surface area (Å²) >= 11 is 0. The molecule has 0 aliphatic heterocycles. The minimum atomic E-state index is -0.970. The number of carbonyl (C=O) groups excluding carboxylic acids is 1. The lowest BCUT2D eigenvalue weighted by atomic mass is 10.1. The molecule has 0 fully saturated rings. The Kier molecular flexibility index (Phi) is 4.95. The third-order valence-electron chi connectivity index (χ3n) is 2.15. The molecule has 1 unspecified atom stereocenters. The Hall–Kier alpha value is -1.39. The molecule has 16 heavy (non-hydrogen) atoms. The van der Waals surface area contributed by atoms with Crippen molar-refractivity contribution in [3.8, 4) is 0 Å².